The largest absolute Gasteiger partial charge is 0.350 e. The molecule has 0 amide bonds. The van der Waals surface area contributed by atoms with Gasteiger partial charge >= 0.3 is 0 Å². The van der Waals surface area contributed by atoms with Crippen molar-refractivity contribution >= 4 is 29.2 Å². The van der Waals surface area contributed by atoms with Crippen LogP contribution in [0.1, 0.15) is 17.1 Å². The van der Waals surface area contributed by atoms with Crippen LogP contribution < -0.4 is 5.32 Å². The number of rotatable bonds is 4. The summed E-state index contributed by atoms with van der Waals surface area (Å²) in [5.74, 6) is 1.52. The Hall–Kier alpha value is -2.05. The predicted octanol–water partition coefficient (Wildman–Crippen LogP) is 3.54. The SMILES string of the molecule is Cc1nn(-c2ccccc2Cl)c(Cl)c1CNc1nnc(C)n1C. The van der Waals surface area contributed by atoms with E-state index in [1.165, 1.54) is 0 Å². The van der Waals surface area contributed by atoms with Gasteiger partial charge in [0.15, 0.2) is 0 Å². The average Bonchev–Trinajstić information content (AvgIpc) is 2.99. The second kappa shape index (κ2) is 6.22. The molecule has 6 nitrogen and oxygen atoms in total. The van der Waals surface area contributed by atoms with Crippen molar-refractivity contribution in [1.82, 2.24) is 24.5 Å². The third-order valence-corrected chi connectivity index (χ3v) is 4.43. The molecule has 0 aliphatic carbocycles. The van der Waals surface area contributed by atoms with Crippen LogP contribution in [0.4, 0.5) is 5.95 Å². The maximum Gasteiger partial charge on any atom is 0.224 e. The maximum atomic E-state index is 6.51. The molecule has 1 aromatic carbocycles. The predicted molar refractivity (Wildman–Crippen MR) is 91.4 cm³/mol. The van der Waals surface area contributed by atoms with Gasteiger partial charge in [-0.3, -0.25) is 0 Å². The van der Waals surface area contributed by atoms with Gasteiger partial charge in [0.2, 0.25) is 5.95 Å². The topological polar surface area (TPSA) is 60.6 Å². The molecule has 8 heteroatoms. The molecule has 3 rings (SSSR count). The molecule has 0 saturated carbocycles. The monoisotopic (exact) mass is 350 g/mol. The van der Waals surface area contributed by atoms with Gasteiger partial charge in [-0.1, -0.05) is 35.3 Å². The van der Waals surface area contributed by atoms with Crippen LogP contribution in [-0.4, -0.2) is 24.5 Å². The van der Waals surface area contributed by atoms with Crippen molar-refractivity contribution in [2.24, 2.45) is 7.05 Å². The van der Waals surface area contributed by atoms with Gasteiger partial charge < -0.3 is 9.88 Å². The molecule has 0 spiro atoms. The molecule has 0 aliphatic heterocycles. The van der Waals surface area contributed by atoms with E-state index >= 15 is 0 Å². The van der Waals surface area contributed by atoms with E-state index in [0.717, 1.165) is 22.8 Å². The van der Waals surface area contributed by atoms with Crippen LogP contribution in [0.3, 0.4) is 0 Å². The number of hydrogen-bond acceptors (Lipinski definition) is 4. The standard InChI is InChI=1S/C15H16Cl2N6/c1-9-11(8-18-15-20-19-10(2)22(15)3)14(17)23(21-9)13-7-5-4-6-12(13)16/h4-7H,8H2,1-3H3,(H,18,20). The van der Waals surface area contributed by atoms with Gasteiger partial charge in [-0.25, -0.2) is 4.68 Å². The molecule has 0 fully saturated rings. The average molecular weight is 351 g/mol. The van der Waals surface area contributed by atoms with Gasteiger partial charge in [-0.15, -0.1) is 10.2 Å². The van der Waals surface area contributed by atoms with E-state index < -0.39 is 0 Å². The maximum absolute atomic E-state index is 6.51. The van der Waals surface area contributed by atoms with Crippen molar-refractivity contribution in [2.45, 2.75) is 20.4 Å². The molecule has 0 aliphatic rings. The summed E-state index contributed by atoms with van der Waals surface area (Å²) in [6.45, 7) is 4.31. The number of hydrogen-bond donors (Lipinski definition) is 1. The van der Waals surface area contributed by atoms with Gasteiger partial charge in [0.1, 0.15) is 11.0 Å². The van der Waals surface area contributed by atoms with E-state index in [9.17, 15) is 0 Å². The van der Waals surface area contributed by atoms with Crippen molar-refractivity contribution in [2.75, 3.05) is 5.32 Å². The Kier molecular flexibility index (Phi) is 4.28. The van der Waals surface area contributed by atoms with Gasteiger partial charge in [0, 0.05) is 19.2 Å². The molecule has 0 saturated heterocycles. The van der Waals surface area contributed by atoms with Crippen LogP contribution in [0.2, 0.25) is 10.2 Å². The number of aromatic nitrogens is 5. The molecule has 120 valence electrons. The Labute approximate surface area is 144 Å². The molecule has 23 heavy (non-hydrogen) atoms. The zero-order valence-electron chi connectivity index (χ0n) is 13.0. The van der Waals surface area contributed by atoms with Crippen molar-refractivity contribution in [3.8, 4) is 5.69 Å². The van der Waals surface area contributed by atoms with E-state index in [2.05, 4.69) is 20.6 Å². The van der Waals surface area contributed by atoms with Crippen LogP contribution in [0.5, 0.6) is 0 Å². The first-order chi connectivity index (χ1) is 11.0. The minimum Gasteiger partial charge on any atom is -0.350 e. The highest BCUT2D eigenvalue weighted by Crippen LogP contribution is 2.27. The van der Waals surface area contributed by atoms with E-state index in [1.54, 1.807) is 4.68 Å². The third kappa shape index (κ3) is 2.92. The molecule has 3 aromatic rings. The summed E-state index contributed by atoms with van der Waals surface area (Å²) < 4.78 is 3.53. The van der Waals surface area contributed by atoms with E-state index in [4.69, 9.17) is 23.2 Å². The fourth-order valence-corrected chi connectivity index (χ4v) is 2.79. The van der Waals surface area contributed by atoms with E-state index in [0.29, 0.717) is 22.7 Å². The normalized spacial score (nSPS) is 11.0. The van der Waals surface area contributed by atoms with Crippen molar-refractivity contribution in [3.05, 3.63) is 51.5 Å². The second-order valence-corrected chi connectivity index (χ2v) is 5.97. The third-order valence-electron chi connectivity index (χ3n) is 3.72. The lowest BCUT2D eigenvalue weighted by atomic mass is 10.2. The van der Waals surface area contributed by atoms with Gasteiger partial charge in [-0.05, 0) is 26.0 Å². The Morgan fingerprint density at radius 3 is 2.52 bits per heavy atom. The van der Waals surface area contributed by atoms with Crippen LogP contribution >= 0.6 is 23.2 Å². The summed E-state index contributed by atoms with van der Waals surface area (Å²) in [7, 11) is 1.90. The number of anilines is 1. The lowest BCUT2D eigenvalue weighted by molar-refractivity contribution is 0.853. The highest BCUT2D eigenvalue weighted by Gasteiger charge is 2.16. The van der Waals surface area contributed by atoms with Crippen LogP contribution in [0.25, 0.3) is 5.69 Å². The Balaban J connectivity index is 1.90. The number of halogens is 2. The van der Waals surface area contributed by atoms with Gasteiger partial charge in [0.05, 0.1) is 16.4 Å². The summed E-state index contributed by atoms with van der Waals surface area (Å²) in [4.78, 5) is 0. The van der Waals surface area contributed by atoms with Gasteiger partial charge in [0.25, 0.3) is 0 Å². The first kappa shape index (κ1) is 15.8. The zero-order chi connectivity index (χ0) is 16.6. The molecule has 2 aromatic heterocycles. The van der Waals surface area contributed by atoms with Crippen LogP contribution in [0.15, 0.2) is 24.3 Å². The van der Waals surface area contributed by atoms with Crippen LogP contribution in [-0.2, 0) is 13.6 Å². The molecule has 0 bridgehead atoms. The van der Waals surface area contributed by atoms with Gasteiger partial charge in [-0.2, -0.15) is 5.10 Å². The number of nitrogens with zero attached hydrogens (tertiary/aromatic N) is 5. The molecule has 1 N–H and O–H groups in total. The first-order valence-corrected chi connectivity index (χ1v) is 7.83. The lowest BCUT2D eigenvalue weighted by Gasteiger charge is -2.07. The molecular weight excluding hydrogens is 335 g/mol. The minimum absolute atomic E-state index is 0.501. The fourth-order valence-electron chi connectivity index (χ4n) is 2.24. The summed E-state index contributed by atoms with van der Waals surface area (Å²) >= 11 is 12.7. The molecule has 0 unspecified atom stereocenters. The Morgan fingerprint density at radius 1 is 1.13 bits per heavy atom. The van der Waals surface area contributed by atoms with E-state index in [-0.39, 0.29) is 0 Å². The molecule has 2 heterocycles. The summed E-state index contributed by atoms with van der Waals surface area (Å²) in [6, 6.07) is 7.46. The summed E-state index contributed by atoms with van der Waals surface area (Å²) in [5.41, 5.74) is 2.48. The minimum atomic E-state index is 0.501. The van der Waals surface area contributed by atoms with Crippen molar-refractivity contribution < 1.29 is 0 Å². The first-order valence-electron chi connectivity index (χ1n) is 7.07. The highest BCUT2D eigenvalue weighted by atomic mass is 35.5. The lowest BCUT2D eigenvalue weighted by Crippen LogP contribution is -2.06. The van der Waals surface area contributed by atoms with E-state index in [1.807, 2.05) is 49.7 Å². The Bertz CT molecular complexity index is 852. The summed E-state index contributed by atoms with van der Waals surface area (Å²) in [6.07, 6.45) is 0. The summed E-state index contributed by atoms with van der Waals surface area (Å²) in [5, 5.41) is 17.0. The zero-order valence-corrected chi connectivity index (χ0v) is 14.5. The smallest absolute Gasteiger partial charge is 0.224 e. The molecule has 0 atom stereocenters. The fraction of sp³-hybridized carbons (Fsp3) is 0.267. The molecular formula is C15H16Cl2N6. The molecule has 0 radical (unpaired) electrons. The Morgan fingerprint density at radius 2 is 1.87 bits per heavy atom. The number of benzene rings is 1. The second-order valence-electron chi connectivity index (χ2n) is 5.20. The number of para-hydroxylation sites is 1. The highest BCUT2D eigenvalue weighted by molar-refractivity contribution is 6.33. The van der Waals surface area contributed by atoms with Crippen LogP contribution in [0, 0.1) is 13.8 Å². The quantitative estimate of drug-likeness (QED) is 0.781. The number of aryl methyl sites for hydroxylation is 2. The van der Waals surface area contributed by atoms with Crippen molar-refractivity contribution in [3.63, 3.8) is 0 Å². The van der Waals surface area contributed by atoms with Crippen molar-refractivity contribution in [1.29, 1.82) is 0 Å². The number of nitrogens with one attached hydrogen (secondary N) is 1.